The van der Waals surface area contributed by atoms with E-state index in [4.69, 9.17) is 14.7 Å². The number of phenolic OH excluding ortho intramolecular Hbond substituents is 2. The minimum Gasteiger partial charge on any atom is -0.507 e. The van der Waals surface area contributed by atoms with E-state index in [0.29, 0.717) is 12.4 Å². The van der Waals surface area contributed by atoms with Crippen LogP contribution < -0.4 is 4.74 Å². The Hall–Kier alpha value is -4.19. The molecule has 2 N–H and O–H groups in total. The molecule has 4 aromatic carbocycles. The lowest BCUT2D eigenvalue weighted by Crippen LogP contribution is -2.05. The Kier molecular flexibility index (Phi) is 9.63. The minimum atomic E-state index is -0.105. The highest BCUT2D eigenvalue weighted by atomic mass is 16.5. The summed E-state index contributed by atoms with van der Waals surface area (Å²) in [4.78, 5) is 14.0. The van der Waals surface area contributed by atoms with Crippen LogP contribution in [0.15, 0.2) is 72.8 Å². The van der Waals surface area contributed by atoms with Crippen LogP contribution in [0.2, 0.25) is 0 Å². The summed E-state index contributed by atoms with van der Waals surface area (Å²) in [5.74, 6) is 0.385. The molecule has 0 atom stereocenters. The molecule has 0 aliphatic rings. The summed E-state index contributed by atoms with van der Waals surface area (Å²) in [6.07, 6.45) is 12.4. The van der Waals surface area contributed by atoms with Crippen molar-refractivity contribution < 1.29 is 14.9 Å². The Morgan fingerprint density at radius 3 is 1.88 bits per heavy atom. The van der Waals surface area contributed by atoms with Gasteiger partial charge in [0.15, 0.2) is 11.6 Å². The fourth-order valence-corrected chi connectivity index (χ4v) is 5.40. The summed E-state index contributed by atoms with van der Waals surface area (Å²) >= 11 is 0. The van der Waals surface area contributed by atoms with Crippen LogP contribution in [-0.4, -0.2) is 31.8 Å². The van der Waals surface area contributed by atoms with E-state index >= 15 is 0 Å². The van der Waals surface area contributed by atoms with Crippen LogP contribution in [0.25, 0.3) is 44.3 Å². The van der Waals surface area contributed by atoms with Gasteiger partial charge in [0.2, 0.25) is 0 Å². The number of unbranched alkanes of at least 4 members (excludes halogenated alkanes) is 9. The van der Waals surface area contributed by atoms with Crippen molar-refractivity contribution in [3.8, 4) is 40.3 Å². The lowest BCUT2D eigenvalue weighted by atomic mass is 9.97. The summed E-state index contributed by atoms with van der Waals surface area (Å²) < 4.78 is 6.06. The van der Waals surface area contributed by atoms with Crippen molar-refractivity contribution in [3.05, 3.63) is 72.8 Å². The Bertz CT molecular complexity index is 1580. The van der Waals surface area contributed by atoms with Gasteiger partial charge in [0.05, 0.1) is 6.61 Å². The Labute approximate surface area is 242 Å². The zero-order chi connectivity index (χ0) is 28.4. The molecular formula is C35H39N3O3. The first kappa shape index (κ1) is 28.3. The largest absolute Gasteiger partial charge is 0.507 e. The number of fused-ring (bicyclic) bond motifs is 3. The van der Waals surface area contributed by atoms with Gasteiger partial charge in [-0.05, 0) is 46.2 Å². The maximum Gasteiger partial charge on any atom is 0.320 e. The standard InChI is InChI=1S/C35H39N3O3/c1-2-3-4-5-6-7-8-9-10-15-23-41-35-37-33(36-34(38-35)32-30(39)21-16-22-31(32)40)29-24-25-17-11-12-18-26(25)27-19-13-14-20-28(27)29/h11-14,16-22,24,39-40H,2-10,15,23H2,1H3. The molecule has 0 saturated carbocycles. The molecule has 0 aliphatic heterocycles. The van der Waals surface area contributed by atoms with E-state index in [1.54, 1.807) is 6.07 Å². The Morgan fingerprint density at radius 2 is 1.17 bits per heavy atom. The van der Waals surface area contributed by atoms with Crippen molar-refractivity contribution in [2.24, 2.45) is 0 Å². The summed E-state index contributed by atoms with van der Waals surface area (Å²) in [7, 11) is 0. The van der Waals surface area contributed by atoms with E-state index in [-0.39, 0.29) is 28.9 Å². The molecule has 0 unspecified atom stereocenters. The first-order valence-electron chi connectivity index (χ1n) is 15.0. The van der Waals surface area contributed by atoms with Crippen LogP contribution in [0, 0.1) is 0 Å². The van der Waals surface area contributed by atoms with Crippen LogP contribution in [0.3, 0.4) is 0 Å². The molecule has 1 aromatic heterocycles. The number of ether oxygens (including phenoxy) is 1. The third kappa shape index (κ3) is 6.94. The number of hydrogen-bond acceptors (Lipinski definition) is 6. The van der Waals surface area contributed by atoms with Crippen LogP contribution in [0.5, 0.6) is 17.5 Å². The van der Waals surface area contributed by atoms with Crippen molar-refractivity contribution in [1.82, 2.24) is 15.0 Å². The van der Waals surface area contributed by atoms with E-state index in [1.807, 2.05) is 24.3 Å². The van der Waals surface area contributed by atoms with Crippen molar-refractivity contribution in [2.75, 3.05) is 6.61 Å². The lowest BCUT2D eigenvalue weighted by Gasteiger charge is -2.13. The van der Waals surface area contributed by atoms with Crippen molar-refractivity contribution in [1.29, 1.82) is 0 Å². The second kappa shape index (κ2) is 13.9. The van der Waals surface area contributed by atoms with Gasteiger partial charge in [-0.25, -0.2) is 4.98 Å². The van der Waals surface area contributed by atoms with Crippen LogP contribution in [0.4, 0.5) is 0 Å². The molecule has 0 saturated heterocycles. The molecule has 6 heteroatoms. The third-order valence-electron chi connectivity index (χ3n) is 7.60. The average molecular weight is 550 g/mol. The second-order valence-electron chi connectivity index (χ2n) is 10.7. The Balaban J connectivity index is 1.39. The van der Waals surface area contributed by atoms with Crippen LogP contribution in [0.1, 0.15) is 71.1 Å². The number of aromatic nitrogens is 3. The topological polar surface area (TPSA) is 88.4 Å². The molecule has 0 fully saturated rings. The summed E-state index contributed by atoms with van der Waals surface area (Å²) in [6, 6.07) is 23.3. The monoisotopic (exact) mass is 549 g/mol. The van der Waals surface area contributed by atoms with E-state index < -0.39 is 0 Å². The molecule has 0 bridgehead atoms. The molecule has 212 valence electrons. The van der Waals surface area contributed by atoms with Crippen molar-refractivity contribution in [2.45, 2.75) is 71.1 Å². The number of phenols is 2. The highest BCUT2D eigenvalue weighted by molar-refractivity contribution is 6.13. The molecule has 1 heterocycles. The van der Waals surface area contributed by atoms with Gasteiger partial charge in [-0.15, -0.1) is 0 Å². The van der Waals surface area contributed by atoms with Crippen LogP contribution >= 0.6 is 0 Å². The molecule has 0 aliphatic carbocycles. The van der Waals surface area contributed by atoms with Gasteiger partial charge < -0.3 is 14.9 Å². The fourth-order valence-electron chi connectivity index (χ4n) is 5.40. The predicted octanol–water partition coefficient (Wildman–Crippen LogP) is 9.22. The molecule has 5 aromatic rings. The molecule has 0 spiro atoms. The van der Waals surface area contributed by atoms with Gasteiger partial charge in [0, 0.05) is 5.56 Å². The quantitative estimate of drug-likeness (QED) is 0.106. The van der Waals surface area contributed by atoms with Gasteiger partial charge in [-0.3, -0.25) is 0 Å². The molecule has 41 heavy (non-hydrogen) atoms. The first-order valence-corrected chi connectivity index (χ1v) is 15.0. The highest BCUT2D eigenvalue weighted by Crippen LogP contribution is 2.38. The zero-order valence-corrected chi connectivity index (χ0v) is 23.9. The maximum atomic E-state index is 10.6. The minimum absolute atomic E-state index is 0.105. The van der Waals surface area contributed by atoms with Gasteiger partial charge >= 0.3 is 6.01 Å². The number of rotatable bonds is 14. The molecule has 6 nitrogen and oxygen atoms in total. The van der Waals surface area contributed by atoms with Gasteiger partial charge in [0.25, 0.3) is 0 Å². The van der Waals surface area contributed by atoms with E-state index in [1.165, 1.54) is 63.5 Å². The fraction of sp³-hybridized carbons (Fsp3) is 0.343. The van der Waals surface area contributed by atoms with E-state index in [2.05, 4.69) is 42.2 Å². The van der Waals surface area contributed by atoms with E-state index in [9.17, 15) is 10.2 Å². The molecular weight excluding hydrogens is 510 g/mol. The highest BCUT2D eigenvalue weighted by Gasteiger charge is 2.19. The SMILES string of the molecule is CCCCCCCCCCCCOc1nc(-c2c(O)cccc2O)nc(-c2cc3ccccc3c3ccccc23)n1. The Morgan fingerprint density at radius 1 is 0.585 bits per heavy atom. The van der Waals surface area contributed by atoms with Gasteiger partial charge in [0.1, 0.15) is 17.1 Å². The molecule has 0 radical (unpaired) electrons. The number of nitrogens with zero attached hydrogens (tertiary/aromatic N) is 3. The van der Waals surface area contributed by atoms with Crippen LogP contribution in [-0.2, 0) is 0 Å². The predicted molar refractivity (Wildman–Crippen MR) is 166 cm³/mol. The van der Waals surface area contributed by atoms with Gasteiger partial charge in [-0.2, -0.15) is 9.97 Å². The normalized spacial score (nSPS) is 11.3. The zero-order valence-electron chi connectivity index (χ0n) is 23.9. The summed E-state index contributed by atoms with van der Waals surface area (Å²) in [6.45, 7) is 2.74. The summed E-state index contributed by atoms with van der Waals surface area (Å²) in [5, 5.41) is 25.5. The average Bonchev–Trinajstić information content (AvgIpc) is 2.99. The third-order valence-corrected chi connectivity index (χ3v) is 7.60. The smallest absolute Gasteiger partial charge is 0.320 e. The summed E-state index contributed by atoms with van der Waals surface area (Å²) in [5.41, 5.74) is 0.992. The van der Waals surface area contributed by atoms with Gasteiger partial charge in [-0.1, -0.05) is 119 Å². The lowest BCUT2D eigenvalue weighted by molar-refractivity contribution is 0.281. The molecule has 5 rings (SSSR count). The van der Waals surface area contributed by atoms with E-state index in [0.717, 1.165) is 39.9 Å². The first-order chi connectivity index (χ1) is 20.2. The van der Waals surface area contributed by atoms with Crippen molar-refractivity contribution in [3.63, 3.8) is 0 Å². The number of benzene rings is 4. The van der Waals surface area contributed by atoms with Crippen molar-refractivity contribution >= 4 is 21.5 Å². The second-order valence-corrected chi connectivity index (χ2v) is 10.7. The maximum absolute atomic E-state index is 10.6. The number of hydrogen-bond donors (Lipinski definition) is 2. The number of aromatic hydroxyl groups is 2. The molecule has 0 amide bonds.